The van der Waals surface area contributed by atoms with E-state index in [0.717, 1.165) is 30.3 Å². The monoisotopic (exact) mass is 571 g/mol. The average Bonchev–Trinajstić information content (AvgIpc) is 2.74. The highest BCUT2D eigenvalue weighted by atomic mass is 35.5. The van der Waals surface area contributed by atoms with Gasteiger partial charge in [0.15, 0.2) is 0 Å². The van der Waals surface area contributed by atoms with Gasteiger partial charge in [-0.3, -0.25) is 10.1 Å². The molecule has 37 heavy (non-hydrogen) atoms. The lowest BCUT2D eigenvalue weighted by molar-refractivity contribution is -0.143. The van der Waals surface area contributed by atoms with E-state index in [0.29, 0.717) is 12.1 Å². The molecule has 0 unspecified atom stereocenters. The summed E-state index contributed by atoms with van der Waals surface area (Å²) in [5.41, 5.74) is -5.30. The second-order valence-electron chi connectivity index (χ2n) is 7.24. The predicted octanol–water partition coefficient (Wildman–Crippen LogP) is 8.01. The van der Waals surface area contributed by atoms with Gasteiger partial charge in [0, 0.05) is 11.4 Å². The Bertz CT molecular complexity index is 1300. The van der Waals surface area contributed by atoms with Crippen molar-refractivity contribution in [1.82, 2.24) is 5.32 Å². The van der Waals surface area contributed by atoms with Crippen LogP contribution in [0.4, 0.5) is 57.0 Å². The van der Waals surface area contributed by atoms with Crippen molar-refractivity contribution >= 4 is 52.2 Å². The molecule has 0 saturated heterocycles. The quantitative estimate of drug-likeness (QED) is 0.278. The van der Waals surface area contributed by atoms with E-state index in [1.807, 2.05) is 0 Å². The Hall–Kier alpha value is -3.58. The standard InChI is InChI=1S/C22H11Cl2F8N3O2/c23-13-7-12(34-20(37)35-19(36)17-15(25)2-1-3-16(17)26)8-14(24)18(13)33-11-5-9(21(27,28)29)4-10(6-11)22(30,31)32/h1-8,33H,(H2,34,35,36,37). The van der Waals surface area contributed by atoms with Crippen LogP contribution in [0.15, 0.2) is 48.5 Å². The Labute approximate surface area is 212 Å². The van der Waals surface area contributed by atoms with Crippen LogP contribution in [0.1, 0.15) is 21.5 Å². The number of anilines is 3. The number of alkyl halides is 6. The van der Waals surface area contributed by atoms with Crippen LogP contribution in [-0.2, 0) is 12.4 Å². The minimum atomic E-state index is -5.09. The number of hydrogen-bond acceptors (Lipinski definition) is 3. The Morgan fingerprint density at radius 3 is 1.68 bits per heavy atom. The summed E-state index contributed by atoms with van der Waals surface area (Å²) in [6.45, 7) is 0. The first-order chi connectivity index (χ1) is 17.1. The Morgan fingerprint density at radius 1 is 0.730 bits per heavy atom. The maximum Gasteiger partial charge on any atom is 0.416 e. The molecule has 0 atom stereocenters. The van der Waals surface area contributed by atoms with E-state index in [9.17, 15) is 44.7 Å². The third-order valence-corrected chi connectivity index (χ3v) is 5.17. The highest BCUT2D eigenvalue weighted by Gasteiger charge is 2.37. The summed E-state index contributed by atoms with van der Waals surface area (Å²) in [6.07, 6.45) is -10.2. The third-order valence-electron chi connectivity index (χ3n) is 4.57. The largest absolute Gasteiger partial charge is 0.416 e. The van der Waals surface area contributed by atoms with Gasteiger partial charge < -0.3 is 10.6 Å². The van der Waals surface area contributed by atoms with Crippen molar-refractivity contribution in [2.24, 2.45) is 0 Å². The minimum absolute atomic E-state index is 0.0610. The second kappa shape index (κ2) is 10.4. The lowest BCUT2D eigenvalue weighted by atomic mass is 10.1. The molecule has 0 spiro atoms. The summed E-state index contributed by atoms with van der Waals surface area (Å²) >= 11 is 12.1. The van der Waals surface area contributed by atoms with Gasteiger partial charge in [-0.2, -0.15) is 26.3 Å². The number of carbonyl (C=O) groups is 2. The second-order valence-corrected chi connectivity index (χ2v) is 8.05. The number of nitrogens with one attached hydrogen (secondary N) is 3. The molecule has 15 heteroatoms. The number of benzene rings is 3. The van der Waals surface area contributed by atoms with Gasteiger partial charge in [0.25, 0.3) is 5.91 Å². The molecule has 0 aromatic heterocycles. The lowest BCUT2D eigenvalue weighted by Gasteiger charge is -2.17. The fraction of sp³-hybridized carbons (Fsp3) is 0.0909. The van der Waals surface area contributed by atoms with E-state index in [4.69, 9.17) is 23.2 Å². The van der Waals surface area contributed by atoms with Crippen molar-refractivity contribution in [3.63, 3.8) is 0 Å². The van der Waals surface area contributed by atoms with E-state index < -0.39 is 58.3 Å². The van der Waals surface area contributed by atoms with Gasteiger partial charge >= 0.3 is 18.4 Å². The van der Waals surface area contributed by atoms with Crippen LogP contribution >= 0.6 is 23.2 Å². The fourth-order valence-corrected chi connectivity index (χ4v) is 3.56. The number of imide groups is 1. The summed E-state index contributed by atoms with van der Waals surface area (Å²) in [4.78, 5) is 24.1. The number of halogens is 10. The van der Waals surface area contributed by atoms with Crippen LogP contribution in [0.5, 0.6) is 0 Å². The van der Waals surface area contributed by atoms with Gasteiger partial charge in [-0.1, -0.05) is 29.3 Å². The molecular formula is C22H11Cl2F8N3O2. The van der Waals surface area contributed by atoms with E-state index in [1.165, 1.54) is 0 Å². The highest BCUT2D eigenvalue weighted by molar-refractivity contribution is 6.39. The molecule has 0 radical (unpaired) electrons. The molecule has 0 aliphatic heterocycles. The van der Waals surface area contributed by atoms with Crippen molar-refractivity contribution in [1.29, 1.82) is 0 Å². The van der Waals surface area contributed by atoms with Crippen molar-refractivity contribution < 1.29 is 44.7 Å². The Kier molecular flexibility index (Phi) is 7.89. The van der Waals surface area contributed by atoms with E-state index >= 15 is 0 Å². The average molecular weight is 572 g/mol. The molecule has 3 rings (SSSR count). The van der Waals surface area contributed by atoms with Crippen LogP contribution < -0.4 is 16.0 Å². The number of amides is 3. The molecule has 3 aromatic rings. The Morgan fingerprint density at radius 2 is 1.22 bits per heavy atom. The topological polar surface area (TPSA) is 70.2 Å². The maximum atomic E-state index is 13.7. The van der Waals surface area contributed by atoms with Crippen LogP contribution in [0.25, 0.3) is 0 Å². The van der Waals surface area contributed by atoms with Gasteiger partial charge in [-0.15, -0.1) is 0 Å². The zero-order valence-electron chi connectivity index (χ0n) is 17.7. The smallest absolute Gasteiger partial charge is 0.353 e. The predicted molar refractivity (Wildman–Crippen MR) is 119 cm³/mol. The zero-order valence-corrected chi connectivity index (χ0v) is 19.2. The van der Waals surface area contributed by atoms with E-state index in [1.54, 1.807) is 5.32 Å². The summed E-state index contributed by atoms with van der Waals surface area (Å²) in [5, 5.41) is 5.37. The highest BCUT2D eigenvalue weighted by Crippen LogP contribution is 2.40. The van der Waals surface area contributed by atoms with E-state index in [2.05, 4.69) is 10.6 Å². The first-order valence-electron chi connectivity index (χ1n) is 9.68. The molecular weight excluding hydrogens is 561 g/mol. The zero-order chi connectivity index (χ0) is 27.7. The molecule has 196 valence electrons. The number of rotatable bonds is 4. The van der Waals surface area contributed by atoms with Crippen LogP contribution in [-0.4, -0.2) is 11.9 Å². The summed E-state index contributed by atoms with van der Waals surface area (Å²) in [6, 6.07) is 4.10. The number of carbonyl (C=O) groups excluding carboxylic acids is 2. The third kappa shape index (κ3) is 6.80. The molecule has 0 fully saturated rings. The molecule has 0 saturated carbocycles. The lowest BCUT2D eigenvalue weighted by Crippen LogP contribution is -2.35. The van der Waals surface area contributed by atoms with E-state index in [-0.39, 0.29) is 27.5 Å². The van der Waals surface area contributed by atoms with Gasteiger partial charge in [0.2, 0.25) is 0 Å². The molecule has 5 nitrogen and oxygen atoms in total. The first kappa shape index (κ1) is 28.0. The molecule has 0 aliphatic rings. The maximum absolute atomic E-state index is 13.7. The molecule has 3 amide bonds. The SMILES string of the molecule is O=C(NC(=O)c1c(F)cccc1F)Nc1cc(Cl)c(Nc2cc(C(F)(F)F)cc(C(F)(F)F)c2)c(Cl)c1. The van der Waals surface area contributed by atoms with Crippen LogP contribution in [0.2, 0.25) is 10.0 Å². The van der Waals surface area contributed by atoms with Crippen molar-refractivity contribution in [3.05, 3.63) is 86.9 Å². The van der Waals surface area contributed by atoms with Gasteiger partial charge in [0.05, 0.1) is 26.9 Å². The number of hydrogen-bond donors (Lipinski definition) is 3. The molecule has 0 bridgehead atoms. The molecule has 3 aromatic carbocycles. The summed E-state index contributed by atoms with van der Waals surface area (Å²) in [7, 11) is 0. The fourth-order valence-electron chi connectivity index (χ4n) is 2.98. The van der Waals surface area contributed by atoms with Gasteiger partial charge in [-0.05, 0) is 42.5 Å². The minimum Gasteiger partial charge on any atom is -0.353 e. The molecule has 0 heterocycles. The van der Waals surface area contributed by atoms with Gasteiger partial charge in [-0.25, -0.2) is 13.6 Å². The first-order valence-corrected chi connectivity index (χ1v) is 10.4. The Balaban J connectivity index is 1.83. The van der Waals surface area contributed by atoms with Gasteiger partial charge in [0.1, 0.15) is 17.2 Å². The summed E-state index contributed by atoms with van der Waals surface area (Å²) in [5.74, 6) is -3.86. The molecule has 0 aliphatic carbocycles. The van der Waals surface area contributed by atoms with Crippen molar-refractivity contribution in [2.75, 3.05) is 10.6 Å². The van der Waals surface area contributed by atoms with Crippen molar-refractivity contribution in [3.8, 4) is 0 Å². The van der Waals surface area contributed by atoms with Crippen molar-refractivity contribution in [2.45, 2.75) is 12.4 Å². The number of urea groups is 1. The summed E-state index contributed by atoms with van der Waals surface area (Å²) < 4.78 is 106. The normalized spacial score (nSPS) is 11.7. The molecule has 3 N–H and O–H groups in total. The van der Waals surface area contributed by atoms with Crippen LogP contribution in [0, 0.1) is 11.6 Å². The van der Waals surface area contributed by atoms with Crippen LogP contribution in [0.3, 0.4) is 0 Å².